The van der Waals surface area contributed by atoms with Gasteiger partial charge in [0.1, 0.15) is 5.15 Å². The van der Waals surface area contributed by atoms with Crippen molar-refractivity contribution in [2.24, 2.45) is 0 Å². The van der Waals surface area contributed by atoms with Crippen molar-refractivity contribution in [3.63, 3.8) is 0 Å². The highest BCUT2D eigenvalue weighted by Gasteiger charge is 2.27. The van der Waals surface area contributed by atoms with E-state index in [2.05, 4.69) is 10.3 Å². The summed E-state index contributed by atoms with van der Waals surface area (Å²) in [4.78, 5) is 16.5. The van der Waals surface area contributed by atoms with Crippen molar-refractivity contribution >= 4 is 17.5 Å². The van der Waals surface area contributed by atoms with Crippen molar-refractivity contribution < 1.29 is 9.90 Å². The Hall–Kier alpha value is -1.13. The molecule has 1 aromatic rings. The van der Waals surface area contributed by atoms with Crippen LogP contribution < -0.4 is 5.32 Å². The maximum atomic E-state index is 12.3. The van der Waals surface area contributed by atoms with Gasteiger partial charge in [-0.3, -0.25) is 4.79 Å². The number of halogens is 1. The molecule has 1 rings (SSSR count). The second-order valence-corrected chi connectivity index (χ2v) is 5.41. The number of aliphatic hydroxyl groups excluding tert-OH is 1. The van der Waals surface area contributed by atoms with E-state index in [4.69, 9.17) is 11.6 Å². The molecule has 1 amide bonds. The van der Waals surface area contributed by atoms with Gasteiger partial charge in [-0.05, 0) is 31.4 Å². The van der Waals surface area contributed by atoms with E-state index in [-0.39, 0.29) is 12.5 Å². The summed E-state index contributed by atoms with van der Waals surface area (Å²) in [7, 11) is 0. The summed E-state index contributed by atoms with van der Waals surface area (Å²) in [5, 5.41) is 12.8. The van der Waals surface area contributed by atoms with Gasteiger partial charge in [-0.15, -0.1) is 0 Å². The van der Waals surface area contributed by atoms with E-state index < -0.39 is 5.54 Å². The number of aliphatic hydroxyl groups is 1. The molecule has 0 atom stereocenters. The van der Waals surface area contributed by atoms with Crippen LogP contribution in [0.5, 0.6) is 0 Å². The summed E-state index contributed by atoms with van der Waals surface area (Å²) in [6, 6.07) is 3.32. The number of nitrogens with one attached hydrogen (secondary N) is 1. The van der Waals surface area contributed by atoms with Gasteiger partial charge in [-0.2, -0.15) is 0 Å². The van der Waals surface area contributed by atoms with Gasteiger partial charge in [0, 0.05) is 11.3 Å². The maximum Gasteiger partial charge on any atom is 0.251 e. The minimum Gasteiger partial charge on any atom is -0.394 e. The molecule has 0 fully saturated rings. The number of hydrogen-bond donors (Lipinski definition) is 2. The Morgan fingerprint density at radius 2 is 2.00 bits per heavy atom. The normalized spacial score (nSPS) is 11.4. The van der Waals surface area contributed by atoms with E-state index in [1.54, 1.807) is 12.1 Å². The van der Waals surface area contributed by atoms with Gasteiger partial charge in [0.05, 0.1) is 12.1 Å². The van der Waals surface area contributed by atoms with Crippen LogP contribution in [0.15, 0.2) is 12.1 Å². The molecule has 0 unspecified atom stereocenters. The van der Waals surface area contributed by atoms with Crippen molar-refractivity contribution in [1.82, 2.24) is 10.3 Å². The van der Waals surface area contributed by atoms with Crippen LogP contribution in [0.1, 0.15) is 56.1 Å². The highest BCUT2D eigenvalue weighted by Crippen LogP contribution is 2.17. The van der Waals surface area contributed by atoms with E-state index in [9.17, 15) is 9.90 Å². The van der Waals surface area contributed by atoms with Crippen molar-refractivity contribution in [2.45, 2.75) is 52.0 Å². The Bertz CT molecular complexity index is 451. The SMILES string of the molecule is CCCc1cc(C(=O)NC(CC)(CC)CO)cc(Cl)n1. The molecule has 0 radical (unpaired) electrons. The Labute approximate surface area is 125 Å². The topological polar surface area (TPSA) is 62.2 Å². The third-order valence-corrected chi connectivity index (χ3v) is 3.84. The van der Waals surface area contributed by atoms with Gasteiger partial charge in [-0.25, -0.2) is 4.98 Å². The largest absolute Gasteiger partial charge is 0.394 e. The third-order valence-electron chi connectivity index (χ3n) is 3.65. The zero-order valence-electron chi connectivity index (χ0n) is 12.4. The summed E-state index contributed by atoms with van der Waals surface area (Å²) in [5.74, 6) is -0.218. The number of carbonyl (C=O) groups excluding carboxylic acids is 1. The molecule has 1 aromatic heterocycles. The van der Waals surface area contributed by atoms with Crippen molar-refractivity contribution in [3.8, 4) is 0 Å². The molecule has 1 heterocycles. The number of rotatable bonds is 7. The van der Waals surface area contributed by atoms with Gasteiger partial charge < -0.3 is 10.4 Å². The van der Waals surface area contributed by atoms with Gasteiger partial charge >= 0.3 is 0 Å². The first kappa shape index (κ1) is 16.9. The predicted octanol–water partition coefficient (Wildman–Crippen LogP) is 2.97. The number of aromatic nitrogens is 1. The first-order chi connectivity index (χ1) is 9.50. The number of pyridine rings is 1. The van der Waals surface area contributed by atoms with Crippen LogP contribution in [0.4, 0.5) is 0 Å². The summed E-state index contributed by atoms with van der Waals surface area (Å²) in [6.07, 6.45) is 3.07. The molecule has 4 nitrogen and oxygen atoms in total. The first-order valence-corrected chi connectivity index (χ1v) is 7.47. The fraction of sp³-hybridized carbons (Fsp3) is 0.600. The molecule has 0 aliphatic rings. The molecule has 20 heavy (non-hydrogen) atoms. The zero-order chi connectivity index (χ0) is 15.2. The molecule has 0 spiro atoms. The Morgan fingerprint density at radius 1 is 1.35 bits per heavy atom. The van der Waals surface area contributed by atoms with Crippen LogP contribution in [-0.2, 0) is 6.42 Å². The van der Waals surface area contributed by atoms with Crippen molar-refractivity contribution in [3.05, 3.63) is 28.5 Å². The standard InChI is InChI=1S/C15H23ClN2O2/c1-4-7-12-8-11(9-13(16)17-12)14(20)18-15(5-2,6-3)10-19/h8-9,19H,4-7,10H2,1-3H3,(H,18,20). The lowest BCUT2D eigenvalue weighted by atomic mass is 9.93. The van der Waals surface area contributed by atoms with E-state index >= 15 is 0 Å². The lowest BCUT2D eigenvalue weighted by Crippen LogP contribution is -2.50. The lowest BCUT2D eigenvalue weighted by molar-refractivity contribution is 0.0817. The number of nitrogens with zero attached hydrogens (tertiary/aromatic N) is 1. The second-order valence-electron chi connectivity index (χ2n) is 5.02. The minimum atomic E-state index is -0.572. The fourth-order valence-corrected chi connectivity index (χ4v) is 2.30. The highest BCUT2D eigenvalue weighted by atomic mass is 35.5. The van der Waals surface area contributed by atoms with E-state index in [0.717, 1.165) is 18.5 Å². The summed E-state index contributed by atoms with van der Waals surface area (Å²) < 4.78 is 0. The van der Waals surface area contributed by atoms with Gasteiger partial charge in [0.25, 0.3) is 5.91 Å². The average Bonchev–Trinajstić information content (AvgIpc) is 2.44. The summed E-state index contributed by atoms with van der Waals surface area (Å²) in [5.41, 5.74) is 0.735. The number of hydrogen-bond acceptors (Lipinski definition) is 3. The maximum absolute atomic E-state index is 12.3. The zero-order valence-corrected chi connectivity index (χ0v) is 13.1. The Kier molecular flexibility index (Phi) is 6.43. The first-order valence-electron chi connectivity index (χ1n) is 7.10. The minimum absolute atomic E-state index is 0.0770. The van der Waals surface area contributed by atoms with Crippen LogP contribution in [0.25, 0.3) is 0 Å². The van der Waals surface area contributed by atoms with Crippen LogP contribution in [-0.4, -0.2) is 28.1 Å². The summed E-state index contributed by atoms with van der Waals surface area (Å²) >= 11 is 5.96. The summed E-state index contributed by atoms with van der Waals surface area (Å²) in [6.45, 7) is 5.86. The van der Waals surface area contributed by atoms with Crippen LogP contribution in [0, 0.1) is 0 Å². The average molecular weight is 299 g/mol. The van der Waals surface area contributed by atoms with Gasteiger partial charge in [0.2, 0.25) is 0 Å². The number of aryl methyl sites for hydroxylation is 1. The molecule has 0 bridgehead atoms. The molecule has 5 heteroatoms. The second kappa shape index (κ2) is 7.60. The Balaban J connectivity index is 2.97. The van der Waals surface area contributed by atoms with E-state index in [1.165, 1.54) is 0 Å². The molecular weight excluding hydrogens is 276 g/mol. The molecule has 112 valence electrons. The molecule has 0 saturated carbocycles. The predicted molar refractivity (Wildman–Crippen MR) is 81.1 cm³/mol. The smallest absolute Gasteiger partial charge is 0.251 e. The quantitative estimate of drug-likeness (QED) is 0.761. The molecule has 0 aliphatic heterocycles. The van der Waals surface area contributed by atoms with Crippen LogP contribution in [0.2, 0.25) is 5.15 Å². The number of carbonyl (C=O) groups is 1. The third kappa shape index (κ3) is 4.18. The van der Waals surface area contributed by atoms with Gasteiger partial charge in [0.15, 0.2) is 0 Å². The fourth-order valence-electron chi connectivity index (χ4n) is 2.07. The number of amides is 1. The Morgan fingerprint density at radius 3 is 2.50 bits per heavy atom. The molecular formula is C15H23ClN2O2. The van der Waals surface area contributed by atoms with Crippen molar-refractivity contribution in [2.75, 3.05) is 6.61 Å². The van der Waals surface area contributed by atoms with Crippen LogP contribution >= 0.6 is 11.6 Å². The van der Waals surface area contributed by atoms with E-state index in [0.29, 0.717) is 23.6 Å². The lowest BCUT2D eigenvalue weighted by Gasteiger charge is -2.30. The molecule has 0 saturated heterocycles. The van der Waals surface area contributed by atoms with E-state index in [1.807, 2.05) is 20.8 Å². The van der Waals surface area contributed by atoms with Gasteiger partial charge in [-0.1, -0.05) is 38.8 Å². The molecule has 0 aliphatic carbocycles. The molecule has 0 aromatic carbocycles. The van der Waals surface area contributed by atoms with Crippen molar-refractivity contribution in [1.29, 1.82) is 0 Å². The molecule has 2 N–H and O–H groups in total. The monoisotopic (exact) mass is 298 g/mol. The van der Waals surface area contributed by atoms with Crippen LogP contribution in [0.3, 0.4) is 0 Å². The highest BCUT2D eigenvalue weighted by molar-refractivity contribution is 6.29.